The molecule has 124 valence electrons. The topological polar surface area (TPSA) is 83.3 Å². The molecule has 0 aliphatic heterocycles. The fourth-order valence-corrected chi connectivity index (χ4v) is 2.33. The van der Waals surface area contributed by atoms with Crippen LogP contribution in [0.2, 0.25) is 0 Å². The van der Waals surface area contributed by atoms with Crippen molar-refractivity contribution < 1.29 is 9.90 Å². The lowest BCUT2D eigenvalue weighted by molar-refractivity contribution is 0.186. The number of hydrogen-bond acceptors (Lipinski definition) is 4. The summed E-state index contributed by atoms with van der Waals surface area (Å²) >= 11 is 0. The lowest BCUT2D eigenvalue weighted by Gasteiger charge is -2.22. The van der Waals surface area contributed by atoms with Crippen LogP contribution in [0.3, 0.4) is 0 Å². The van der Waals surface area contributed by atoms with Gasteiger partial charge in [0.05, 0.1) is 5.69 Å². The molecule has 7 heteroatoms. The first-order chi connectivity index (χ1) is 11.1. The van der Waals surface area contributed by atoms with E-state index in [0.717, 1.165) is 16.8 Å². The third-order valence-electron chi connectivity index (χ3n) is 3.51. The Bertz CT molecular complexity index is 627. The summed E-state index contributed by atoms with van der Waals surface area (Å²) in [5, 5.41) is 16.2. The van der Waals surface area contributed by atoms with Crippen molar-refractivity contribution in [3.63, 3.8) is 0 Å². The second-order valence-corrected chi connectivity index (χ2v) is 5.43. The molecule has 0 bridgehead atoms. The molecule has 2 heterocycles. The number of aliphatic hydroxyl groups is 1. The molecule has 0 saturated carbocycles. The van der Waals surface area contributed by atoms with E-state index >= 15 is 0 Å². The highest BCUT2D eigenvalue weighted by molar-refractivity contribution is 5.74. The van der Waals surface area contributed by atoms with E-state index in [1.54, 1.807) is 22.0 Å². The van der Waals surface area contributed by atoms with E-state index in [0.29, 0.717) is 26.1 Å². The molecular weight excluding hydrogens is 294 g/mol. The summed E-state index contributed by atoms with van der Waals surface area (Å²) < 4.78 is 1.73. The van der Waals surface area contributed by atoms with Gasteiger partial charge in [0.25, 0.3) is 0 Å². The number of aliphatic hydroxyl groups excluding tert-OH is 1. The number of aryl methyl sites for hydroxylation is 2. The Kier molecular flexibility index (Phi) is 6.10. The predicted octanol–water partition coefficient (Wildman–Crippen LogP) is 1.22. The van der Waals surface area contributed by atoms with Gasteiger partial charge in [0.2, 0.25) is 0 Å². The quantitative estimate of drug-likeness (QED) is 0.804. The second-order valence-electron chi connectivity index (χ2n) is 5.43. The fourth-order valence-electron chi connectivity index (χ4n) is 2.33. The molecular formula is C16H23N5O2. The average molecular weight is 317 g/mol. The summed E-state index contributed by atoms with van der Waals surface area (Å²) in [6.07, 6.45) is 5.88. The van der Waals surface area contributed by atoms with Gasteiger partial charge < -0.3 is 15.3 Å². The van der Waals surface area contributed by atoms with Crippen molar-refractivity contribution in [1.29, 1.82) is 0 Å². The summed E-state index contributed by atoms with van der Waals surface area (Å²) in [4.78, 5) is 18.2. The number of aromatic nitrogens is 3. The molecule has 0 fully saturated rings. The molecule has 0 unspecified atom stereocenters. The van der Waals surface area contributed by atoms with Crippen molar-refractivity contribution in [2.24, 2.45) is 7.05 Å². The first-order valence-electron chi connectivity index (χ1n) is 7.62. The lowest BCUT2D eigenvalue weighted by atomic mass is 10.2. The maximum atomic E-state index is 12.4. The first-order valence-corrected chi connectivity index (χ1v) is 7.62. The lowest BCUT2D eigenvalue weighted by Crippen LogP contribution is -2.40. The van der Waals surface area contributed by atoms with Gasteiger partial charge >= 0.3 is 6.03 Å². The highest BCUT2D eigenvalue weighted by Gasteiger charge is 2.14. The molecule has 2 rings (SSSR count). The Morgan fingerprint density at radius 1 is 1.48 bits per heavy atom. The van der Waals surface area contributed by atoms with Gasteiger partial charge in [-0.1, -0.05) is 6.07 Å². The summed E-state index contributed by atoms with van der Waals surface area (Å²) in [7, 11) is 1.86. The second kappa shape index (κ2) is 8.28. The van der Waals surface area contributed by atoms with Crippen molar-refractivity contribution in [3.8, 4) is 0 Å². The van der Waals surface area contributed by atoms with Gasteiger partial charge in [-0.3, -0.25) is 9.67 Å². The molecule has 0 saturated heterocycles. The molecule has 0 atom stereocenters. The maximum Gasteiger partial charge on any atom is 0.317 e. The van der Waals surface area contributed by atoms with Crippen molar-refractivity contribution in [3.05, 3.63) is 47.5 Å². The van der Waals surface area contributed by atoms with Crippen LogP contribution in [0.5, 0.6) is 0 Å². The van der Waals surface area contributed by atoms with Gasteiger partial charge in [0.1, 0.15) is 0 Å². The van der Waals surface area contributed by atoms with Gasteiger partial charge in [-0.25, -0.2) is 4.79 Å². The highest BCUT2D eigenvalue weighted by atomic mass is 16.3. The standard InChI is InChI=1S/C16H23N5O2/c1-13-15(12-20(2)19-13)10-18-16(23)21(7-4-8-22)11-14-5-3-6-17-9-14/h3,5-6,9,12,22H,4,7-8,10-11H2,1-2H3,(H,18,23). The number of urea groups is 1. The van der Waals surface area contributed by atoms with E-state index in [1.807, 2.05) is 32.3 Å². The number of pyridine rings is 1. The van der Waals surface area contributed by atoms with Gasteiger partial charge in [-0.15, -0.1) is 0 Å². The zero-order chi connectivity index (χ0) is 16.7. The van der Waals surface area contributed by atoms with Crippen molar-refractivity contribution >= 4 is 6.03 Å². The van der Waals surface area contributed by atoms with Crippen LogP contribution in [0.25, 0.3) is 0 Å². The summed E-state index contributed by atoms with van der Waals surface area (Å²) in [5.41, 5.74) is 2.85. The molecule has 0 spiro atoms. The van der Waals surface area contributed by atoms with Gasteiger partial charge in [-0.05, 0) is 25.0 Å². The first kappa shape index (κ1) is 17.0. The average Bonchev–Trinajstić information content (AvgIpc) is 2.87. The minimum absolute atomic E-state index is 0.0541. The SMILES string of the molecule is Cc1nn(C)cc1CNC(=O)N(CCCO)Cc1cccnc1. The summed E-state index contributed by atoms with van der Waals surface area (Å²) in [6.45, 7) is 3.36. The minimum Gasteiger partial charge on any atom is -0.396 e. The number of carbonyl (C=O) groups excluding carboxylic acids is 1. The Morgan fingerprint density at radius 2 is 2.30 bits per heavy atom. The highest BCUT2D eigenvalue weighted by Crippen LogP contribution is 2.07. The van der Waals surface area contributed by atoms with Gasteiger partial charge in [0.15, 0.2) is 0 Å². The molecule has 0 aromatic carbocycles. The van der Waals surface area contributed by atoms with E-state index in [2.05, 4.69) is 15.4 Å². The third kappa shape index (κ3) is 5.07. The van der Waals surface area contributed by atoms with E-state index in [9.17, 15) is 4.79 Å². The van der Waals surface area contributed by atoms with Crippen LogP contribution in [-0.4, -0.2) is 44.0 Å². The fraction of sp³-hybridized carbons (Fsp3) is 0.438. The third-order valence-corrected chi connectivity index (χ3v) is 3.51. The van der Waals surface area contributed by atoms with Crippen LogP contribution >= 0.6 is 0 Å². The number of nitrogens with zero attached hydrogens (tertiary/aromatic N) is 4. The molecule has 2 amide bonds. The molecule has 2 aromatic heterocycles. The summed E-state index contributed by atoms with van der Waals surface area (Å²) in [6, 6.07) is 3.61. The molecule has 23 heavy (non-hydrogen) atoms. The van der Waals surface area contributed by atoms with E-state index in [4.69, 9.17) is 5.11 Å². The van der Waals surface area contributed by atoms with Crippen LogP contribution in [0.15, 0.2) is 30.7 Å². The number of carbonyl (C=O) groups is 1. The zero-order valence-corrected chi connectivity index (χ0v) is 13.6. The van der Waals surface area contributed by atoms with Crippen LogP contribution < -0.4 is 5.32 Å². The van der Waals surface area contributed by atoms with Crippen LogP contribution in [-0.2, 0) is 20.1 Å². The van der Waals surface area contributed by atoms with Crippen LogP contribution in [0.4, 0.5) is 4.79 Å². The molecule has 7 nitrogen and oxygen atoms in total. The van der Waals surface area contributed by atoms with E-state index in [-0.39, 0.29) is 12.6 Å². The monoisotopic (exact) mass is 317 g/mol. The number of amides is 2. The molecule has 2 N–H and O–H groups in total. The normalized spacial score (nSPS) is 10.6. The van der Waals surface area contributed by atoms with Gasteiger partial charge in [-0.2, -0.15) is 5.10 Å². The van der Waals surface area contributed by atoms with E-state index in [1.165, 1.54) is 0 Å². The Morgan fingerprint density at radius 3 is 2.91 bits per heavy atom. The van der Waals surface area contributed by atoms with Crippen LogP contribution in [0, 0.1) is 6.92 Å². The van der Waals surface area contributed by atoms with Gasteiger partial charge in [0, 0.05) is 57.4 Å². The Hall–Kier alpha value is -2.41. The van der Waals surface area contributed by atoms with Crippen molar-refractivity contribution in [2.75, 3.05) is 13.2 Å². The summed E-state index contributed by atoms with van der Waals surface area (Å²) in [5.74, 6) is 0. The largest absolute Gasteiger partial charge is 0.396 e. The number of rotatable bonds is 7. The predicted molar refractivity (Wildman–Crippen MR) is 86.5 cm³/mol. The van der Waals surface area contributed by atoms with Crippen molar-refractivity contribution in [1.82, 2.24) is 25.0 Å². The Labute approximate surface area is 136 Å². The minimum atomic E-state index is -0.162. The molecule has 0 radical (unpaired) electrons. The Balaban J connectivity index is 1.97. The van der Waals surface area contributed by atoms with Crippen molar-refractivity contribution in [2.45, 2.75) is 26.4 Å². The van der Waals surface area contributed by atoms with E-state index < -0.39 is 0 Å². The smallest absolute Gasteiger partial charge is 0.317 e. The molecule has 0 aliphatic carbocycles. The van der Waals surface area contributed by atoms with Crippen LogP contribution in [0.1, 0.15) is 23.2 Å². The maximum absolute atomic E-state index is 12.4. The number of nitrogens with one attached hydrogen (secondary N) is 1. The molecule has 2 aromatic rings. The number of hydrogen-bond donors (Lipinski definition) is 2. The zero-order valence-electron chi connectivity index (χ0n) is 13.6. The molecule has 0 aliphatic rings.